The number of hydrogen-bond donors (Lipinski definition) is 1. The lowest BCUT2D eigenvalue weighted by Crippen LogP contribution is -2.40. The van der Waals surface area contributed by atoms with Crippen LogP contribution in [0.15, 0.2) is 30.3 Å². The second-order valence-corrected chi connectivity index (χ2v) is 6.71. The number of aromatic nitrogens is 2. The summed E-state index contributed by atoms with van der Waals surface area (Å²) in [6.07, 6.45) is 0.392. The Morgan fingerprint density at radius 2 is 1.96 bits per heavy atom. The number of amides is 1. The molecule has 1 aromatic heterocycles. The fourth-order valence-electron chi connectivity index (χ4n) is 2.71. The van der Waals surface area contributed by atoms with E-state index in [0.717, 1.165) is 16.9 Å². The minimum absolute atomic E-state index is 0.310. The summed E-state index contributed by atoms with van der Waals surface area (Å²) in [5.74, 6) is 0.470. The molecule has 6 heteroatoms. The van der Waals surface area contributed by atoms with Crippen LogP contribution >= 0.6 is 0 Å². The van der Waals surface area contributed by atoms with Crippen molar-refractivity contribution < 1.29 is 9.53 Å². The summed E-state index contributed by atoms with van der Waals surface area (Å²) in [6.45, 7) is 6.62. The molecular formula is C17H22N4O2. The largest absolute Gasteiger partial charge is 0.444 e. The summed E-state index contributed by atoms with van der Waals surface area (Å²) >= 11 is 0. The first-order valence-corrected chi connectivity index (χ1v) is 7.75. The number of fused-ring (bicyclic) bond motifs is 1. The Hall–Kier alpha value is -2.50. The summed E-state index contributed by atoms with van der Waals surface area (Å²) in [5.41, 5.74) is 8.53. The molecule has 0 saturated carbocycles. The Balaban J connectivity index is 1.85. The van der Waals surface area contributed by atoms with Gasteiger partial charge >= 0.3 is 6.09 Å². The van der Waals surface area contributed by atoms with E-state index in [9.17, 15) is 4.79 Å². The quantitative estimate of drug-likeness (QED) is 0.878. The number of hydrogen-bond acceptors (Lipinski definition) is 4. The predicted octanol–water partition coefficient (Wildman–Crippen LogP) is 2.75. The fraction of sp³-hybridized carbons (Fsp3) is 0.412. The third-order valence-electron chi connectivity index (χ3n) is 3.74. The van der Waals surface area contributed by atoms with Crippen molar-refractivity contribution in [1.82, 2.24) is 14.7 Å². The Kier molecular flexibility index (Phi) is 3.75. The predicted molar refractivity (Wildman–Crippen MR) is 88.3 cm³/mol. The van der Waals surface area contributed by atoms with Gasteiger partial charge in [-0.1, -0.05) is 18.2 Å². The molecule has 0 spiro atoms. The second kappa shape index (κ2) is 5.61. The molecule has 1 aliphatic heterocycles. The van der Waals surface area contributed by atoms with Crippen molar-refractivity contribution in [3.8, 4) is 5.69 Å². The van der Waals surface area contributed by atoms with Gasteiger partial charge in [0.15, 0.2) is 5.82 Å². The van der Waals surface area contributed by atoms with Crippen molar-refractivity contribution >= 4 is 11.9 Å². The topological polar surface area (TPSA) is 73.4 Å². The second-order valence-electron chi connectivity index (χ2n) is 6.71. The van der Waals surface area contributed by atoms with Crippen LogP contribution in [0.3, 0.4) is 0 Å². The summed E-state index contributed by atoms with van der Waals surface area (Å²) in [7, 11) is 0. The van der Waals surface area contributed by atoms with Crippen molar-refractivity contribution in [2.75, 3.05) is 12.3 Å². The van der Waals surface area contributed by atoms with Crippen molar-refractivity contribution in [3.63, 3.8) is 0 Å². The van der Waals surface area contributed by atoms with E-state index in [2.05, 4.69) is 5.10 Å². The standard InChI is InChI=1S/C17H22N4O2/c1-17(2,3)23-16(22)20-10-9-14-13(11-20)15(18)19-21(14)12-7-5-4-6-8-12/h4-8H,9-11H2,1-3H3,(H2,18,19). The zero-order valence-corrected chi connectivity index (χ0v) is 13.7. The monoisotopic (exact) mass is 314 g/mol. The van der Waals surface area contributed by atoms with Crippen LogP contribution in [-0.4, -0.2) is 32.9 Å². The highest BCUT2D eigenvalue weighted by Crippen LogP contribution is 2.27. The zero-order valence-electron chi connectivity index (χ0n) is 13.7. The molecule has 0 bridgehead atoms. The highest BCUT2D eigenvalue weighted by atomic mass is 16.6. The average molecular weight is 314 g/mol. The first kappa shape index (κ1) is 15.4. The number of nitrogens with two attached hydrogens (primary N) is 1. The summed E-state index contributed by atoms with van der Waals surface area (Å²) in [6, 6.07) is 9.89. The van der Waals surface area contributed by atoms with Gasteiger partial charge < -0.3 is 15.4 Å². The molecule has 0 saturated heterocycles. The molecular weight excluding hydrogens is 292 g/mol. The Morgan fingerprint density at radius 1 is 1.26 bits per heavy atom. The van der Waals surface area contributed by atoms with Crippen LogP contribution in [0, 0.1) is 0 Å². The lowest BCUT2D eigenvalue weighted by molar-refractivity contribution is 0.0223. The molecule has 0 unspecified atom stereocenters. The molecule has 23 heavy (non-hydrogen) atoms. The Bertz CT molecular complexity index is 716. The molecule has 1 aliphatic rings. The van der Waals surface area contributed by atoms with Crippen LogP contribution in [-0.2, 0) is 17.7 Å². The van der Waals surface area contributed by atoms with E-state index < -0.39 is 5.60 Å². The maximum Gasteiger partial charge on any atom is 0.410 e. The Morgan fingerprint density at radius 3 is 2.61 bits per heavy atom. The third-order valence-corrected chi connectivity index (χ3v) is 3.74. The maximum atomic E-state index is 12.2. The molecule has 0 atom stereocenters. The average Bonchev–Trinajstić information content (AvgIpc) is 2.83. The number of benzene rings is 1. The molecule has 0 fully saturated rings. The molecule has 1 amide bonds. The van der Waals surface area contributed by atoms with Gasteiger partial charge in [-0.05, 0) is 32.9 Å². The van der Waals surface area contributed by atoms with E-state index in [1.54, 1.807) is 4.90 Å². The van der Waals surface area contributed by atoms with E-state index >= 15 is 0 Å². The molecule has 2 aromatic rings. The van der Waals surface area contributed by atoms with Gasteiger partial charge in [0.2, 0.25) is 0 Å². The number of nitrogen functional groups attached to an aromatic ring is 1. The molecule has 1 aromatic carbocycles. The summed E-state index contributed by atoms with van der Waals surface area (Å²) in [5, 5.41) is 4.45. The first-order chi connectivity index (χ1) is 10.8. The smallest absolute Gasteiger partial charge is 0.410 e. The van der Waals surface area contributed by atoms with Gasteiger partial charge in [-0.15, -0.1) is 0 Å². The molecule has 122 valence electrons. The minimum atomic E-state index is -0.503. The van der Waals surface area contributed by atoms with Crippen LogP contribution in [0.5, 0.6) is 0 Å². The maximum absolute atomic E-state index is 12.2. The van der Waals surface area contributed by atoms with Crippen molar-refractivity contribution in [1.29, 1.82) is 0 Å². The normalized spacial score (nSPS) is 14.5. The lowest BCUT2D eigenvalue weighted by atomic mass is 10.1. The molecule has 3 rings (SSSR count). The Labute approximate surface area is 135 Å². The van der Waals surface area contributed by atoms with E-state index in [4.69, 9.17) is 10.5 Å². The highest BCUT2D eigenvalue weighted by Gasteiger charge is 2.29. The van der Waals surface area contributed by atoms with E-state index in [-0.39, 0.29) is 6.09 Å². The lowest BCUT2D eigenvalue weighted by Gasteiger charge is -2.30. The van der Waals surface area contributed by atoms with Crippen LogP contribution in [0.2, 0.25) is 0 Å². The molecule has 2 N–H and O–H groups in total. The van der Waals surface area contributed by atoms with E-state index in [0.29, 0.717) is 25.3 Å². The number of carbonyl (C=O) groups is 1. The van der Waals surface area contributed by atoms with Crippen molar-refractivity contribution in [2.24, 2.45) is 0 Å². The molecule has 0 aliphatic carbocycles. The first-order valence-electron chi connectivity index (χ1n) is 7.75. The number of anilines is 1. The van der Waals surface area contributed by atoms with Crippen LogP contribution in [0.1, 0.15) is 32.0 Å². The highest BCUT2D eigenvalue weighted by molar-refractivity contribution is 5.69. The summed E-state index contributed by atoms with van der Waals surface area (Å²) < 4.78 is 7.31. The number of nitrogens with zero attached hydrogens (tertiary/aromatic N) is 3. The number of rotatable bonds is 1. The van der Waals surface area contributed by atoms with Gasteiger partial charge in [0, 0.05) is 18.5 Å². The fourth-order valence-corrected chi connectivity index (χ4v) is 2.71. The summed E-state index contributed by atoms with van der Waals surface area (Å²) in [4.78, 5) is 13.9. The zero-order chi connectivity index (χ0) is 16.6. The number of carbonyl (C=O) groups excluding carboxylic acids is 1. The third kappa shape index (κ3) is 3.16. The molecule has 6 nitrogen and oxygen atoms in total. The molecule has 0 radical (unpaired) electrons. The molecule has 2 heterocycles. The van der Waals surface area contributed by atoms with E-state index in [1.165, 1.54) is 0 Å². The van der Waals surface area contributed by atoms with Gasteiger partial charge in [-0.3, -0.25) is 0 Å². The number of para-hydroxylation sites is 1. The van der Waals surface area contributed by atoms with Gasteiger partial charge in [-0.25, -0.2) is 9.48 Å². The van der Waals surface area contributed by atoms with Gasteiger partial charge in [0.05, 0.1) is 17.9 Å². The van der Waals surface area contributed by atoms with Crippen LogP contribution in [0.4, 0.5) is 10.6 Å². The van der Waals surface area contributed by atoms with Crippen molar-refractivity contribution in [3.05, 3.63) is 41.6 Å². The van der Waals surface area contributed by atoms with Crippen LogP contribution < -0.4 is 5.73 Å². The van der Waals surface area contributed by atoms with Gasteiger partial charge in [-0.2, -0.15) is 5.10 Å². The van der Waals surface area contributed by atoms with E-state index in [1.807, 2.05) is 55.8 Å². The minimum Gasteiger partial charge on any atom is -0.444 e. The SMILES string of the molecule is CC(C)(C)OC(=O)N1CCc2c(c(N)nn2-c2ccccc2)C1. The van der Waals surface area contributed by atoms with Crippen molar-refractivity contribution in [2.45, 2.75) is 39.3 Å². The van der Waals surface area contributed by atoms with Gasteiger partial charge in [0.1, 0.15) is 5.60 Å². The van der Waals surface area contributed by atoms with Gasteiger partial charge in [0.25, 0.3) is 0 Å². The number of ether oxygens (including phenoxy) is 1. The van der Waals surface area contributed by atoms with Crippen LogP contribution in [0.25, 0.3) is 5.69 Å².